The minimum absolute atomic E-state index is 0.221. The van der Waals surface area contributed by atoms with E-state index in [9.17, 15) is 4.79 Å². The summed E-state index contributed by atoms with van der Waals surface area (Å²) in [4.78, 5) is 15.9. The summed E-state index contributed by atoms with van der Waals surface area (Å²) >= 11 is 3.30. The van der Waals surface area contributed by atoms with Gasteiger partial charge in [-0.3, -0.25) is 4.79 Å². The number of hydrogen-bond donors (Lipinski definition) is 1. The molecule has 0 unspecified atom stereocenters. The van der Waals surface area contributed by atoms with Crippen molar-refractivity contribution in [2.24, 2.45) is 0 Å². The third-order valence-electron chi connectivity index (χ3n) is 2.28. The second-order valence-electron chi connectivity index (χ2n) is 3.65. The van der Waals surface area contributed by atoms with E-state index >= 15 is 0 Å². The number of carbonyl (C=O) groups excluding carboxylic acids is 1. The summed E-state index contributed by atoms with van der Waals surface area (Å²) in [6.45, 7) is 2.00. The van der Waals surface area contributed by atoms with Crippen molar-refractivity contribution in [2.75, 3.05) is 5.32 Å². The zero-order valence-corrected chi connectivity index (χ0v) is 10.9. The number of halogens is 1. The number of amides is 1. The van der Waals surface area contributed by atoms with Crippen LogP contribution in [-0.4, -0.2) is 10.9 Å². The maximum Gasteiger partial charge on any atom is 0.275 e. The van der Waals surface area contributed by atoms with Crippen LogP contribution < -0.4 is 5.32 Å². The van der Waals surface area contributed by atoms with Crippen LogP contribution in [0.1, 0.15) is 16.1 Å². The van der Waals surface area contributed by atoms with Crippen molar-refractivity contribution in [3.8, 4) is 0 Å². The summed E-state index contributed by atoms with van der Waals surface area (Å²) in [5, 5.41) is 2.79. The number of benzene rings is 1. The van der Waals surface area contributed by atoms with Crippen LogP contribution in [0, 0.1) is 6.92 Å². The van der Waals surface area contributed by atoms with Gasteiger partial charge in [0.05, 0.1) is 0 Å². The van der Waals surface area contributed by atoms with Crippen molar-refractivity contribution in [3.05, 3.63) is 58.3 Å². The van der Waals surface area contributed by atoms with Gasteiger partial charge in [0.2, 0.25) is 0 Å². The fourth-order valence-electron chi connectivity index (χ4n) is 1.38. The Balaban J connectivity index is 2.17. The molecule has 86 valence electrons. The lowest BCUT2D eigenvalue weighted by atomic mass is 10.2. The Morgan fingerprint density at radius 2 is 1.94 bits per heavy atom. The average molecular weight is 291 g/mol. The Kier molecular flexibility index (Phi) is 3.54. The van der Waals surface area contributed by atoms with Crippen LogP contribution in [0.5, 0.6) is 0 Å². The summed E-state index contributed by atoms with van der Waals surface area (Å²) in [7, 11) is 0. The Morgan fingerprint density at radius 1 is 1.24 bits per heavy atom. The fraction of sp³-hybridized carbons (Fsp3) is 0.0769. The molecule has 17 heavy (non-hydrogen) atoms. The quantitative estimate of drug-likeness (QED) is 0.921. The van der Waals surface area contributed by atoms with Crippen LogP contribution in [0.2, 0.25) is 0 Å². The number of nitrogens with zero attached hydrogens (tertiary/aromatic N) is 1. The summed E-state index contributed by atoms with van der Waals surface area (Å²) < 4.78 is 0.685. The second kappa shape index (κ2) is 5.10. The number of aromatic nitrogens is 1. The van der Waals surface area contributed by atoms with Gasteiger partial charge in [-0.25, -0.2) is 4.98 Å². The van der Waals surface area contributed by atoms with Gasteiger partial charge >= 0.3 is 0 Å². The van der Waals surface area contributed by atoms with Gasteiger partial charge in [-0.1, -0.05) is 17.7 Å². The lowest BCUT2D eigenvalue weighted by molar-refractivity contribution is 0.102. The molecule has 3 nitrogen and oxygen atoms in total. The molecule has 1 aromatic heterocycles. The standard InChI is InChI=1S/C13H11BrN2O/c1-9-4-6-10(7-5-9)16-13(17)12-11(14)3-2-8-15-12/h2-8H,1H3,(H,16,17). The van der Waals surface area contributed by atoms with Gasteiger partial charge in [0.25, 0.3) is 5.91 Å². The van der Waals surface area contributed by atoms with Crippen molar-refractivity contribution >= 4 is 27.5 Å². The topological polar surface area (TPSA) is 42.0 Å². The largest absolute Gasteiger partial charge is 0.321 e. The van der Waals surface area contributed by atoms with Crippen molar-refractivity contribution in [2.45, 2.75) is 6.92 Å². The van der Waals surface area contributed by atoms with Gasteiger partial charge in [0.15, 0.2) is 0 Å². The van der Waals surface area contributed by atoms with Gasteiger partial charge in [0.1, 0.15) is 5.69 Å². The molecule has 4 heteroatoms. The first-order valence-electron chi connectivity index (χ1n) is 5.15. The number of aryl methyl sites for hydroxylation is 1. The highest BCUT2D eigenvalue weighted by Gasteiger charge is 2.10. The van der Waals surface area contributed by atoms with Crippen molar-refractivity contribution in [1.29, 1.82) is 0 Å². The van der Waals surface area contributed by atoms with Crippen LogP contribution in [-0.2, 0) is 0 Å². The normalized spacial score (nSPS) is 10.0. The Bertz CT molecular complexity index is 537. The average Bonchev–Trinajstić information content (AvgIpc) is 2.32. The zero-order chi connectivity index (χ0) is 12.3. The van der Waals surface area contributed by atoms with E-state index in [1.807, 2.05) is 31.2 Å². The molecule has 0 aliphatic rings. The number of carbonyl (C=O) groups is 1. The van der Waals surface area contributed by atoms with Crippen LogP contribution >= 0.6 is 15.9 Å². The third kappa shape index (κ3) is 2.91. The van der Waals surface area contributed by atoms with Gasteiger partial charge in [-0.15, -0.1) is 0 Å². The molecule has 0 fully saturated rings. The van der Waals surface area contributed by atoms with Crippen LogP contribution in [0.15, 0.2) is 47.1 Å². The maximum atomic E-state index is 11.9. The second-order valence-corrected chi connectivity index (χ2v) is 4.51. The van der Waals surface area contributed by atoms with E-state index in [2.05, 4.69) is 26.2 Å². The van der Waals surface area contributed by atoms with Gasteiger partial charge in [-0.2, -0.15) is 0 Å². The van der Waals surface area contributed by atoms with Gasteiger partial charge in [0, 0.05) is 16.4 Å². The number of rotatable bonds is 2. The first-order valence-corrected chi connectivity index (χ1v) is 5.94. The van der Waals surface area contributed by atoms with Crippen LogP contribution in [0.4, 0.5) is 5.69 Å². The fourth-order valence-corrected chi connectivity index (χ4v) is 1.82. The number of hydrogen-bond acceptors (Lipinski definition) is 2. The molecule has 0 saturated carbocycles. The highest BCUT2D eigenvalue weighted by molar-refractivity contribution is 9.10. The number of nitrogens with one attached hydrogen (secondary N) is 1. The molecule has 0 radical (unpaired) electrons. The molecule has 1 N–H and O–H groups in total. The number of anilines is 1. The molecule has 0 bridgehead atoms. The molecule has 0 atom stereocenters. The first kappa shape index (κ1) is 11.8. The van der Waals surface area contributed by atoms with E-state index < -0.39 is 0 Å². The number of pyridine rings is 1. The molecule has 0 spiro atoms. The van der Waals surface area contributed by atoms with Gasteiger partial charge < -0.3 is 5.32 Å². The monoisotopic (exact) mass is 290 g/mol. The van der Waals surface area contributed by atoms with Crippen molar-refractivity contribution in [3.63, 3.8) is 0 Å². The van der Waals surface area contributed by atoms with E-state index in [4.69, 9.17) is 0 Å². The molecule has 2 rings (SSSR count). The first-order chi connectivity index (χ1) is 8.16. The van der Waals surface area contributed by atoms with E-state index in [1.54, 1.807) is 18.3 Å². The van der Waals surface area contributed by atoms with E-state index in [0.717, 1.165) is 11.3 Å². The summed E-state index contributed by atoms with van der Waals surface area (Å²) in [5.41, 5.74) is 2.30. The molecule has 0 saturated heterocycles. The predicted molar refractivity (Wildman–Crippen MR) is 71.1 cm³/mol. The predicted octanol–water partition coefficient (Wildman–Crippen LogP) is 3.40. The Labute approximate surface area is 108 Å². The van der Waals surface area contributed by atoms with Crippen LogP contribution in [0.3, 0.4) is 0 Å². The van der Waals surface area contributed by atoms with Gasteiger partial charge in [-0.05, 0) is 47.1 Å². The summed E-state index contributed by atoms with van der Waals surface area (Å²) in [6, 6.07) is 11.2. The SMILES string of the molecule is Cc1ccc(NC(=O)c2ncccc2Br)cc1. The molecule has 1 amide bonds. The summed E-state index contributed by atoms with van der Waals surface area (Å²) in [5.74, 6) is -0.221. The van der Waals surface area contributed by atoms with E-state index in [-0.39, 0.29) is 5.91 Å². The highest BCUT2D eigenvalue weighted by Crippen LogP contribution is 2.15. The smallest absolute Gasteiger partial charge is 0.275 e. The third-order valence-corrected chi connectivity index (χ3v) is 2.92. The molecular formula is C13H11BrN2O. The molecule has 1 aromatic carbocycles. The van der Waals surface area contributed by atoms with E-state index in [1.165, 1.54) is 0 Å². The maximum absolute atomic E-state index is 11.9. The molecular weight excluding hydrogens is 280 g/mol. The molecule has 1 heterocycles. The molecule has 2 aromatic rings. The Hall–Kier alpha value is -1.68. The summed E-state index contributed by atoms with van der Waals surface area (Å²) in [6.07, 6.45) is 1.59. The Morgan fingerprint density at radius 3 is 2.59 bits per heavy atom. The lowest BCUT2D eigenvalue weighted by Crippen LogP contribution is -2.14. The highest BCUT2D eigenvalue weighted by atomic mass is 79.9. The minimum atomic E-state index is -0.221. The van der Waals surface area contributed by atoms with E-state index in [0.29, 0.717) is 10.2 Å². The van der Waals surface area contributed by atoms with Crippen molar-refractivity contribution < 1.29 is 4.79 Å². The minimum Gasteiger partial charge on any atom is -0.321 e. The molecule has 0 aliphatic heterocycles. The zero-order valence-electron chi connectivity index (χ0n) is 9.27. The van der Waals surface area contributed by atoms with Crippen LogP contribution in [0.25, 0.3) is 0 Å². The lowest BCUT2D eigenvalue weighted by Gasteiger charge is -2.06. The molecule has 0 aliphatic carbocycles. The van der Waals surface area contributed by atoms with Crippen molar-refractivity contribution in [1.82, 2.24) is 4.98 Å².